The van der Waals surface area contributed by atoms with E-state index in [2.05, 4.69) is 0 Å². The monoisotopic (exact) mass is 264 g/mol. The summed E-state index contributed by atoms with van der Waals surface area (Å²) in [7, 11) is 0. The largest absolute Gasteiger partial charge is 0.476 e. The van der Waals surface area contributed by atoms with Gasteiger partial charge in [-0.15, -0.1) is 0 Å². The first-order valence-corrected chi connectivity index (χ1v) is 6.06. The highest BCUT2D eigenvalue weighted by molar-refractivity contribution is 6.08. The quantitative estimate of drug-likeness (QED) is 0.774. The van der Waals surface area contributed by atoms with Crippen LogP contribution in [0.5, 0.6) is 0 Å². The third-order valence-electron chi connectivity index (χ3n) is 3.34. The molecule has 1 aliphatic rings. The second kappa shape index (κ2) is 5.30. The maximum atomic E-state index is 13.4. The Bertz CT molecular complexity index is 339. The maximum absolute atomic E-state index is 13.4. The van der Waals surface area contributed by atoms with Crippen LogP contribution in [-0.2, 0) is 14.3 Å². The van der Waals surface area contributed by atoms with E-state index < -0.39 is 23.3 Å². The Morgan fingerprint density at radius 3 is 2.56 bits per heavy atom. The van der Waals surface area contributed by atoms with Crippen molar-refractivity contribution in [3.8, 4) is 0 Å². The van der Waals surface area contributed by atoms with Gasteiger partial charge in [0.2, 0.25) is 5.78 Å². The van der Waals surface area contributed by atoms with Gasteiger partial charge < -0.3 is 9.84 Å². The van der Waals surface area contributed by atoms with Gasteiger partial charge in [0.15, 0.2) is 0 Å². The predicted octanol–water partition coefficient (Wildman–Crippen LogP) is 2.26. The Hall–Kier alpha value is -1.04. The zero-order chi connectivity index (χ0) is 14.0. The number of carboxylic acid groups (broad SMARTS) is 1. The van der Waals surface area contributed by atoms with Crippen LogP contribution in [-0.4, -0.2) is 35.0 Å². The molecule has 2 atom stereocenters. The van der Waals surface area contributed by atoms with Crippen LogP contribution in [0.1, 0.15) is 39.5 Å². The van der Waals surface area contributed by atoms with Gasteiger partial charge in [0.1, 0.15) is 5.60 Å². The normalized spacial score (nSPS) is 29.0. The van der Waals surface area contributed by atoms with Crippen molar-refractivity contribution < 1.29 is 28.2 Å². The van der Waals surface area contributed by atoms with E-state index in [1.807, 2.05) is 6.92 Å². The third-order valence-corrected chi connectivity index (χ3v) is 3.34. The van der Waals surface area contributed by atoms with Crippen LogP contribution in [0.3, 0.4) is 0 Å². The molecule has 1 N–H and O–H groups in total. The summed E-state index contributed by atoms with van der Waals surface area (Å²) >= 11 is 0. The highest BCUT2D eigenvalue weighted by atomic mass is 19.3. The molecular formula is C12H18F2O4. The zero-order valence-corrected chi connectivity index (χ0v) is 10.5. The van der Waals surface area contributed by atoms with Crippen LogP contribution < -0.4 is 0 Å². The number of ketones is 1. The number of ether oxygens (including phenoxy) is 1. The summed E-state index contributed by atoms with van der Waals surface area (Å²) in [4.78, 5) is 22.4. The van der Waals surface area contributed by atoms with E-state index in [0.29, 0.717) is 6.42 Å². The number of carbonyl (C=O) groups is 2. The van der Waals surface area contributed by atoms with Crippen LogP contribution in [0, 0.1) is 5.92 Å². The SMILES string of the molecule is CCOC1(C(=O)C(F)(F)C(=O)O)CCCC(C)C1. The molecule has 0 aromatic rings. The fraction of sp³-hybridized carbons (Fsp3) is 0.833. The molecule has 1 aliphatic carbocycles. The average molecular weight is 264 g/mol. The minimum Gasteiger partial charge on any atom is -0.476 e. The Kier molecular flexibility index (Phi) is 4.42. The fourth-order valence-corrected chi connectivity index (χ4v) is 2.57. The Balaban J connectivity index is 3.04. The van der Waals surface area contributed by atoms with Crippen molar-refractivity contribution >= 4 is 11.8 Å². The highest BCUT2D eigenvalue weighted by Gasteiger charge is 2.58. The molecule has 104 valence electrons. The lowest BCUT2D eigenvalue weighted by Gasteiger charge is -2.39. The van der Waals surface area contributed by atoms with Crippen LogP contribution in [0.4, 0.5) is 8.78 Å². The van der Waals surface area contributed by atoms with Crippen molar-refractivity contribution in [2.24, 2.45) is 5.92 Å². The molecule has 18 heavy (non-hydrogen) atoms. The van der Waals surface area contributed by atoms with Gasteiger partial charge in [-0.3, -0.25) is 4.79 Å². The van der Waals surface area contributed by atoms with E-state index in [-0.39, 0.29) is 25.4 Å². The molecule has 4 nitrogen and oxygen atoms in total. The summed E-state index contributed by atoms with van der Waals surface area (Å²) in [5.41, 5.74) is -1.64. The van der Waals surface area contributed by atoms with Crippen molar-refractivity contribution in [2.45, 2.75) is 51.1 Å². The van der Waals surface area contributed by atoms with Gasteiger partial charge in [0, 0.05) is 6.61 Å². The van der Waals surface area contributed by atoms with Gasteiger partial charge >= 0.3 is 11.9 Å². The molecule has 6 heteroatoms. The van der Waals surface area contributed by atoms with E-state index in [1.54, 1.807) is 6.92 Å². The molecule has 1 fully saturated rings. The Morgan fingerprint density at radius 1 is 1.50 bits per heavy atom. The van der Waals surface area contributed by atoms with Crippen molar-refractivity contribution in [3.05, 3.63) is 0 Å². The molecule has 1 saturated carbocycles. The first-order valence-electron chi connectivity index (χ1n) is 6.06. The molecule has 0 radical (unpaired) electrons. The Labute approximate surface area is 104 Å². The summed E-state index contributed by atoms with van der Waals surface area (Å²) < 4.78 is 32.0. The number of hydrogen-bond donors (Lipinski definition) is 1. The van der Waals surface area contributed by atoms with Gasteiger partial charge in [-0.1, -0.05) is 13.3 Å². The number of halogens is 2. The first kappa shape index (κ1) is 15.0. The molecule has 0 amide bonds. The summed E-state index contributed by atoms with van der Waals surface area (Å²) in [5, 5.41) is 8.46. The van der Waals surface area contributed by atoms with Crippen LogP contribution in [0.2, 0.25) is 0 Å². The minimum atomic E-state index is -4.38. The summed E-state index contributed by atoms with van der Waals surface area (Å²) in [5.74, 6) is -8.34. The molecule has 0 aromatic heterocycles. The van der Waals surface area contributed by atoms with E-state index in [9.17, 15) is 18.4 Å². The molecule has 0 spiro atoms. The van der Waals surface area contributed by atoms with E-state index in [0.717, 1.165) is 6.42 Å². The number of rotatable bonds is 5. The van der Waals surface area contributed by atoms with E-state index in [4.69, 9.17) is 9.84 Å². The zero-order valence-electron chi connectivity index (χ0n) is 10.5. The first-order chi connectivity index (χ1) is 8.26. The number of carbonyl (C=O) groups excluding carboxylic acids is 1. The second-order valence-electron chi connectivity index (χ2n) is 4.84. The van der Waals surface area contributed by atoms with Crippen molar-refractivity contribution in [2.75, 3.05) is 6.61 Å². The van der Waals surface area contributed by atoms with Gasteiger partial charge in [0.25, 0.3) is 0 Å². The summed E-state index contributed by atoms with van der Waals surface area (Å²) in [6.07, 6.45) is 1.73. The van der Waals surface area contributed by atoms with Gasteiger partial charge in [-0.25, -0.2) is 4.79 Å². The third kappa shape index (κ3) is 2.68. The number of alkyl halides is 2. The predicted molar refractivity (Wildman–Crippen MR) is 59.6 cm³/mol. The molecule has 0 aliphatic heterocycles. The molecule has 0 saturated heterocycles. The van der Waals surface area contributed by atoms with E-state index in [1.165, 1.54) is 0 Å². The topological polar surface area (TPSA) is 63.6 Å². The molecular weight excluding hydrogens is 246 g/mol. The molecule has 1 rings (SSSR count). The van der Waals surface area contributed by atoms with Crippen molar-refractivity contribution in [1.29, 1.82) is 0 Å². The summed E-state index contributed by atoms with van der Waals surface area (Å²) in [6, 6.07) is 0. The minimum absolute atomic E-state index is 0.0684. The fourth-order valence-electron chi connectivity index (χ4n) is 2.57. The molecule has 0 heterocycles. The average Bonchev–Trinajstić information content (AvgIpc) is 2.28. The Morgan fingerprint density at radius 2 is 2.11 bits per heavy atom. The standard InChI is InChI=1S/C12H18F2O4/c1-3-18-11(6-4-5-8(2)7-11)9(15)12(13,14)10(16)17/h8H,3-7H2,1-2H3,(H,16,17). The highest BCUT2D eigenvalue weighted by Crippen LogP contribution is 2.39. The maximum Gasteiger partial charge on any atom is 0.402 e. The number of Topliss-reactive ketones (excluding diaryl/α,β-unsaturated/α-hetero) is 1. The van der Waals surface area contributed by atoms with Gasteiger partial charge in [0.05, 0.1) is 0 Å². The number of carboxylic acids is 1. The van der Waals surface area contributed by atoms with Gasteiger partial charge in [-0.2, -0.15) is 8.78 Å². The van der Waals surface area contributed by atoms with E-state index >= 15 is 0 Å². The lowest BCUT2D eigenvalue weighted by Crippen LogP contribution is -2.55. The lowest BCUT2D eigenvalue weighted by atomic mass is 9.75. The van der Waals surface area contributed by atoms with Crippen molar-refractivity contribution in [1.82, 2.24) is 0 Å². The number of aliphatic carboxylic acids is 1. The van der Waals surface area contributed by atoms with Crippen LogP contribution in [0.15, 0.2) is 0 Å². The smallest absolute Gasteiger partial charge is 0.402 e. The second-order valence-corrected chi connectivity index (χ2v) is 4.84. The molecule has 2 unspecified atom stereocenters. The van der Waals surface area contributed by atoms with Crippen LogP contribution in [0.25, 0.3) is 0 Å². The lowest BCUT2D eigenvalue weighted by molar-refractivity contribution is -0.188. The molecule has 0 bridgehead atoms. The van der Waals surface area contributed by atoms with Crippen molar-refractivity contribution in [3.63, 3.8) is 0 Å². The molecule has 0 aromatic carbocycles. The number of hydrogen-bond acceptors (Lipinski definition) is 3. The van der Waals surface area contributed by atoms with Gasteiger partial charge in [-0.05, 0) is 32.1 Å². The van der Waals surface area contributed by atoms with Crippen LogP contribution >= 0.6 is 0 Å². The summed E-state index contributed by atoms with van der Waals surface area (Å²) in [6.45, 7) is 3.56.